The van der Waals surface area contributed by atoms with Gasteiger partial charge < -0.3 is 4.74 Å². The average molecular weight is 602 g/mol. The molecule has 0 aliphatic rings. The van der Waals surface area contributed by atoms with Gasteiger partial charge in [0.1, 0.15) is 0 Å². The second-order valence-corrected chi connectivity index (χ2v) is 6.03. The van der Waals surface area contributed by atoms with Crippen molar-refractivity contribution in [3.63, 3.8) is 0 Å². The molecule has 0 fully saturated rings. The Hall–Kier alpha value is -2.24. The summed E-state index contributed by atoms with van der Waals surface area (Å²) in [4.78, 5) is 10.8. The summed E-state index contributed by atoms with van der Waals surface area (Å²) >= 11 is 0. The number of esters is 1. The summed E-state index contributed by atoms with van der Waals surface area (Å²) in [5.74, 6) is -30.5. The van der Waals surface area contributed by atoms with Crippen molar-refractivity contribution < 1.29 is 107 Å². The first kappa shape index (κ1) is 34.8. The zero-order valence-corrected chi connectivity index (χ0v) is 16.4. The predicted octanol–water partition coefficient (Wildman–Crippen LogP) is 6.16. The van der Waals surface area contributed by atoms with Crippen LogP contribution in [0.2, 0.25) is 0 Å². The largest absolute Gasteiger partial charge is 0.465 e. The van der Waals surface area contributed by atoms with Crippen LogP contribution in [0, 0.1) is 0 Å². The molecule has 0 amide bonds. The molecule has 3 atom stereocenters. The van der Waals surface area contributed by atoms with Gasteiger partial charge in [0.2, 0.25) is 0 Å². The molecular formula is C13H5F19O5. The second kappa shape index (κ2) is 9.50. The molecule has 37 heavy (non-hydrogen) atoms. The lowest BCUT2D eigenvalue weighted by atomic mass is 10.2. The Balaban J connectivity index is 7.10. The SMILES string of the molecule is C=C(F)C(F)(F)OC(F)(C(F)(F)F)C(F)(F)OC(F)(C(F)(F)F)C(F)(F)OC(F)(C(=O)OC)C(F)(F)F. The fourth-order valence-corrected chi connectivity index (χ4v) is 1.63. The Bertz CT molecular complexity index is 862. The molecular weight excluding hydrogens is 597 g/mol. The van der Waals surface area contributed by atoms with Crippen molar-refractivity contribution in [3.05, 3.63) is 12.4 Å². The number of carbonyl (C=O) groups is 1. The molecule has 220 valence electrons. The average Bonchev–Trinajstić information content (AvgIpc) is 2.62. The number of hydrogen-bond donors (Lipinski definition) is 0. The number of halogens is 19. The summed E-state index contributed by atoms with van der Waals surface area (Å²) < 4.78 is 257. The topological polar surface area (TPSA) is 54.0 Å². The van der Waals surface area contributed by atoms with E-state index in [0.29, 0.717) is 0 Å². The molecule has 0 aliphatic heterocycles. The zero-order valence-electron chi connectivity index (χ0n) is 16.4. The highest BCUT2D eigenvalue weighted by Gasteiger charge is 2.86. The highest BCUT2D eigenvalue weighted by molar-refractivity contribution is 5.78. The first-order chi connectivity index (χ1) is 15.8. The highest BCUT2D eigenvalue weighted by atomic mass is 19.4. The predicted molar refractivity (Wildman–Crippen MR) is 70.0 cm³/mol. The van der Waals surface area contributed by atoms with E-state index in [1.807, 2.05) is 0 Å². The van der Waals surface area contributed by atoms with Crippen LogP contribution in [0.4, 0.5) is 83.4 Å². The maximum absolute atomic E-state index is 14.1. The molecule has 0 aromatic heterocycles. The summed E-state index contributed by atoms with van der Waals surface area (Å²) in [5.41, 5.74) is 0. The molecule has 0 bridgehead atoms. The van der Waals surface area contributed by atoms with E-state index in [4.69, 9.17) is 0 Å². The minimum absolute atomic E-state index is 0.294. The zero-order chi connectivity index (χ0) is 30.5. The van der Waals surface area contributed by atoms with Gasteiger partial charge in [0.25, 0.3) is 0 Å². The van der Waals surface area contributed by atoms with E-state index >= 15 is 0 Å². The monoisotopic (exact) mass is 602 g/mol. The van der Waals surface area contributed by atoms with E-state index in [-0.39, 0.29) is 7.11 Å². The van der Waals surface area contributed by atoms with E-state index in [0.717, 1.165) is 0 Å². The molecule has 0 spiro atoms. The van der Waals surface area contributed by atoms with Crippen LogP contribution in [0.25, 0.3) is 0 Å². The van der Waals surface area contributed by atoms with Gasteiger partial charge in [0, 0.05) is 0 Å². The fourth-order valence-electron chi connectivity index (χ4n) is 1.63. The van der Waals surface area contributed by atoms with Crippen molar-refractivity contribution in [3.8, 4) is 0 Å². The molecule has 0 N–H and O–H groups in total. The van der Waals surface area contributed by atoms with Crippen LogP contribution in [-0.4, -0.2) is 67.5 Å². The molecule has 0 heterocycles. The fraction of sp³-hybridized carbons (Fsp3) is 0.769. The van der Waals surface area contributed by atoms with E-state index in [1.165, 1.54) is 11.3 Å². The van der Waals surface area contributed by atoms with Crippen molar-refractivity contribution in [2.75, 3.05) is 7.11 Å². The van der Waals surface area contributed by atoms with Crippen LogP contribution in [0.5, 0.6) is 0 Å². The summed E-state index contributed by atoms with van der Waals surface area (Å²) in [6, 6.07) is 0. The van der Waals surface area contributed by atoms with Crippen LogP contribution in [0.3, 0.4) is 0 Å². The molecule has 0 saturated carbocycles. The van der Waals surface area contributed by atoms with Crippen LogP contribution in [0.15, 0.2) is 12.4 Å². The molecule has 0 aromatic rings. The molecule has 24 heteroatoms. The minimum Gasteiger partial charge on any atom is -0.465 e. The molecule has 5 nitrogen and oxygen atoms in total. The minimum atomic E-state index is -8.27. The van der Waals surface area contributed by atoms with Gasteiger partial charge in [0.15, 0.2) is 5.83 Å². The standard InChI is InChI=1S/C13H5F19O5/c1-3(14)6(16,17)36-7(18,10(23,24)25)13(31,32)37-8(19,11(26,27)28)12(29,30)35-5(15,4(33)34-2)9(20,21)22/h1H2,2H3. The number of hydrogen-bond acceptors (Lipinski definition) is 5. The molecule has 0 saturated heterocycles. The van der Waals surface area contributed by atoms with Gasteiger partial charge >= 0.3 is 60.4 Å². The first-order valence-corrected chi connectivity index (χ1v) is 7.74. The molecule has 0 radical (unpaired) electrons. The summed E-state index contributed by atoms with van der Waals surface area (Å²) in [6.07, 6.45) is -46.2. The van der Waals surface area contributed by atoms with E-state index < -0.39 is 66.2 Å². The Morgan fingerprint density at radius 3 is 1.16 bits per heavy atom. The van der Waals surface area contributed by atoms with E-state index in [2.05, 4.69) is 4.74 Å². The molecule has 3 unspecified atom stereocenters. The van der Waals surface area contributed by atoms with Crippen molar-refractivity contribution in [2.24, 2.45) is 0 Å². The van der Waals surface area contributed by atoms with Crippen molar-refractivity contribution >= 4 is 5.97 Å². The molecule has 0 aromatic carbocycles. The maximum atomic E-state index is 14.1. The number of ether oxygens (including phenoxy) is 4. The number of carbonyl (C=O) groups excluding carboxylic acids is 1. The molecule has 0 aliphatic carbocycles. The van der Waals surface area contributed by atoms with Gasteiger partial charge in [-0.3, -0.25) is 14.2 Å². The third kappa shape index (κ3) is 6.09. The van der Waals surface area contributed by atoms with Crippen molar-refractivity contribution in [1.29, 1.82) is 0 Å². The van der Waals surface area contributed by atoms with Crippen LogP contribution in [-0.2, 0) is 23.7 Å². The van der Waals surface area contributed by atoms with Gasteiger partial charge in [-0.25, -0.2) is 9.18 Å². The van der Waals surface area contributed by atoms with E-state index in [1.54, 1.807) is 9.47 Å². The Morgan fingerprint density at radius 2 is 0.892 bits per heavy atom. The first-order valence-electron chi connectivity index (χ1n) is 7.74. The normalized spacial score (nSPS) is 19.5. The van der Waals surface area contributed by atoms with Crippen LogP contribution < -0.4 is 0 Å². The third-order valence-electron chi connectivity index (χ3n) is 3.41. The highest BCUT2D eigenvalue weighted by Crippen LogP contribution is 2.57. The summed E-state index contributed by atoms with van der Waals surface area (Å²) in [7, 11) is -0.294. The van der Waals surface area contributed by atoms with Crippen molar-refractivity contribution in [2.45, 2.75) is 54.4 Å². The lowest BCUT2D eigenvalue weighted by Crippen LogP contribution is -2.69. The van der Waals surface area contributed by atoms with Gasteiger partial charge in [-0.1, -0.05) is 6.58 Å². The quantitative estimate of drug-likeness (QED) is 0.222. The van der Waals surface area contributed by atoms with Crippen LogP contribution in [0.1, 0.15) is 0 Å². The number of alkyl halides is 18. The number of methoxy groups -OCH3 is 1. The smallest absolute Gasteiger partial charge is 0.460 e. The van der Waals surface area contributed by atoms with Gasteiger partial charge in [-0.05, 0) is 0 Å². The lowest BCUT2D eigenvalue weighted by molar-refractivity contribution is -0.566. The maximum Gasteiger partial charge on any atom is 0.460 e. The Labute approximate surface area is 188 Å². The van der Waals surface area contributed by atoms with Gasteiger partial charge in [-0.15, -0.1) is 0 Å². The summed E-state index contributed by atoms with van der Waals surface area (Å²) in [6.45, 7) is 1.47. The third-order valence-corrected chi connectivity index (χ3v) is 3.41. The van der Waals surface area contributed by atoms with E-state index in [9.17, 15) is 88.2 Å². The Kier molecular flexibility index (Phi) is 8.92. The number of rotatable bonds is 10. The van der Waals surface area contributed by atoms with Crippen molar-refractivity contribution in [1.82, 2.24) is 0 Å². The second-order valence-electron chi connectivity index (χ2n) is 6.03. The Morgan fingerprint density at radius 1 is 0.568 bits per heavy atom. The van der Waals surface area contributed by atoms with Gasteiger partial charge in [-0.2, -0.15) is 79.0 Å². The van der Waals surface area contributed by atoms with Gasteiger partial charge in [0.05, 0.1) is 7.11 Å². The molecule has 0 rings (SSSR count). The lowest BCUT2D eigenvalue weighted by Gasteiger charge is -2.41. The summed E-state index contributed by atoms with van der Waals surface area (Å²) in [5, 5.41) is 0. The van der Waals surface area contributed by atoms with Crippen LogP contribution >= 0.6 is 0 Å².